The van der Waals surface area contributed by atoms with Crippen LogP contribution in [0.5, 0.6) is 5.75 Å². The summed E-state index contributed by atoms with van der Waals surface area (Å²) in [5, 5.41) is 2.79. The molecular weight excluding hydrogens is 308 g/mol. The van der Waals surface area contributed by atoms with Crippen molar-refractivity contribution in [3.63, 3.8) is 0 Å². The number of anilines is 1. The van der Waals surface area contributed by atoms with Crippen LogP contribution in [0.2, 0.25) is 0 Å². The van der Waals surface area contributed by atoms with E-state index < -0.39 is 0 Å². The normalized spacial score (nSPS) is 12.5. The number of hydrogen-bond acceptors (Lipinski definition) is 5. The number of methoxy groups -OCH3 is 1. The molecule has 0 fully saturated rings. The maximum atomic E-state index is 11.8. The molecule has 1 rings (SSSR count). The van der Waals surface area contributed by atoms with Gasteiger partial charge in [-0.3, -0.25) is 9.59 Å². The molecule has 0 saturated heterocycles. The molecular formula is C15H23ClN2O4. The highest BCUT2D eigenvalue weighted by molar-refractivity contribution is 5.92. The Morgan fingerprint density at radius 2 is 1.82 bits per heavy atom. The molecule has 0 spiro atoms. The zero-order chi connectivity index (χ0) is 15.8. The van der Waals surface area contributed by atoms with Crippen LogP contribution >= 0.6 is 12.4 Å². The molecule has 0 heterocycles. The highest BCUT2D eigenvalue weighted by Gasteiger charge is 2.16. The maximum absolute atomic E-state index is 11.8. The maximum Gasteiger partial charge on any atom is 0.308 e. The van der Waals surface area contributed by atoms with Crippen LogP contribution in [-0.4, -0.2) is 31.6 Å². The molecule has 3 N–H and O–H groups in total. The van der Waals surface area contributed by atoms with Crippen LogP contribution in [0.25, 0.3) is 0 Å². The number of amides is 1. The third kappa shape index (κ3) is 6.78. The average Bonchev–Trinajstić information content (AvgIpc) is 2.47. The summed E-state index contributed by atoms with van der Waals surface area (Å²) in [6.07, 6.45) is 0.195. The van der Waals surface area contributed by atoms with Gasteiger partial charge in [0.05, 0.1) is 26.1 Å². The summed E-state index contributed by atoms with van der Waals surface area (Å²) in [6.45, 7) is 3.83. The molecule has 22 heavy (non-hydrogen) atoms. The summed E-state index contributed by atoms with van der Waals surface area (Å²) >= 11 is 0. The van der Waals surface area contributed by atoms with Crippen molar-refractivity contribution in [1.29, 1.82) is 0 Å². The van der Waals surface area contributed by atoms with Crippen molar-refractivity contribution in [3.8, 4) is 5.75 Å². The predicted octanol–water partition coefficient (Wildman–Crippen LogP) is 1.97. The number of benzene rings is 1. The first-order valence-corrected chi connectivity index (χ1v) is 6.80. The van der Waals surface area contributed by atoms with Gasteiger partial charge >= 0.3 is 5.97 Å². The Hall–Kier alpha value is -1.79. The number of esters is 1. The molecule has 0 aromatic heterocycles. The van der Waals surface area contributed by atoms with Gasteiger partial charge in [-0.2, -0.15) is 0 Å². The summed E-state index contributed by atoms with van der Waals surface area (Å²) in [5.41, 5.74) is 6.36. The number of nitrogens with two attached hydrogens (primary N) is 1. The summed E-state index contributed by atoms with van der Waals surface area (Å²) in [6, 6.07) is 6.72. The Kier molecular flexibility index (Phi) is 9.21. The molecule has 6 nitrogen and oxygen atoms in total. The fraction of sp³-hybridized carbons (Fsp3) is 0.467. The van der Waals surface area contributed by atoms with Gasteiger partial charge in [-0.25, -0.2) is 0 Å². The van der Waals surface area contributed by atoms with E-state index in [4.69, 9.17) is 10.5 Å². The Balaban J connectivity index is 0.00000441. The summed E-state index contributed by atoms with van der Waals surface area (Å²) in [5.74, 6) is -0.0775. The first-order chi connectivity index (χ1) is 9.93. The number of halogens is 1. The molecule has 1 amide bonds. The SMILES string of the molecule is COC(=O)CCOc1ccc(NC(=O)C(C)C(C)N)cc1.Cl. The van der Waals surface area contributed by atoms with E-state index in [1.807, 2.05) is 0 Å². The van der Waals surface area contributed by atoms with Gasteiger partial charge in [0.25, 0.3) is 0 Å². The Morgan fingerprint density at radius 1 is 1.23 bits per heavy atom. The fourth-order valence-electron chi connectivity index (χ4n) is 1.48. The Bertz CT molecular complexity index is 477. The second-order valence-corrected chi connectivity index (χ2v) is 4.84. The van der Waals surface area contributed by atoms with Gasteiger partial charge in [-0.15, -0.1) is 12.4 Å². The second kappa shape index (κ2) is 10.0. The largest absolute Gasteiger partial charge is 0.493 e. The summed E-state index contributed by atoms with van der Waals surface area (Å²) in [7, 11) is 1.34. The van der Waals surface area contributed by atoms with E-state index in [-0.39, 0.29) is 49.3 Å². The summed E-state index contributed by atoms with van der Waals surface area (Å²) in [4.78, 5) is 22.8. The number of ether oxygens (including phenoxy) is 2. The van der Waals surface area contributed by atoms with Crippen molar-refractivity contribution in [3.05, 3.63) is 24.3 Å². The smallest absolute Gasteiger partial charge is 0.308 e. The van der Waals surface area contributed by atoms with Gasteiger partial charge in [-0.05, 0) is 31.2 Å². The van der Waals surface area contributed by atoms with Crippen LogP contribution in [0.15, 0.2) is 24.3 Å². The lowest BCUT2D eigenvalue weighted by Gasteiger charge is -2.15. The molecule has 2 unspecified atom stereocenters. The third-order valence-electron chi connectivity index (χ3n) is 3.13. The van der Waals surface area contributed by atoms with Gasteiger partial charge < -0.3 is 20.5 Å². The molecule has 0 aliphatic carbocycles. The molecule has 1 aromatic carbocycles. The number of hydrogen-bond donors (Lipinski definition) is 2. The molecule has 0 aliphatic rings. The first kappa shape index (κ1) is 20.2. The fourth-order valence-corrected chi connectivity index (χ4v) is 1.48. The van der Waals surface area contributed by atoms with Crippen molar-refractivity contribution >= 4 is 30.0 Å². The minimum atomic E-state index is -0.316. The molecule has 124 valence electrons. The third-order valence-corrected chi connectivity index (χ3v) is 3.13. The standard InChI is InChI=1S/C15H22N2O4.ClH/c1-10(11(2)16)15(19)17-12-4-6-13(7-5-12)21-9-8-14(18)20-3;/h4-7,10-11H,8-9,16H2,1-3H3,(H,17,19);1H. The lowest BCUT2D eigenvalue weighted by molar-refractivity contribution is -0.141. The lowest BCUT2D eigenvalue weighted by atomic mass is 10.0. The zero-order valence-electron chi connectivity index (χ0n) is 13.0. The first-order valence-electron chi connectivity index (χ1n) is 6.80. The quantitative estimate of drug-likeness (QED) is 0.746. The van der Waals surface area contributed by atoms with E-state index in [1.165, 1.54) is 7.11 Å². The number of carbonyl (C=O) groups excluding carboxylic acids is 2. The molecule has 2 atom stereocenters. The minimum absolute atomic E-state index is 0. The van der Waals surface area contributed by atoms with Gasteiger partial charge in [0.1, 0.15) is 5.75 Å². The van der Waals surface area contributed by atoms with Crippen LogP contribution in [-0.2, 0) is 14.3 Å². The van der Waals surface area contributed by atoms with E-state index in [0.29, 0.717) is 11.4 Å². The zero-order valence-corrected chi connectivity index (χ0v) is 13.8. The lowest BCUT2D eigenvalue weighted by Crippen LogP contribution is -2.34. The average molecular weight is 331 g/mol. The Labute approximate surface area is 136 Å². The van der Waals surface area contributed by atoms with E-state index in [0.717, 1.165) is 0 Å². The number of carbonyl (C=O) groups is 2. The molecule has 0 aliphatic heterocycles. The summed E-state index contributed by atoms with van der Waals surface area (Å²) < 4.78 is 9.91. The van der Waals surface area contributed by atoms with E-state index in [1.54, 1.807) is 38.1 Å². The van der Waals surface area contributed by atoms with Crippen molar-refractivity contribution in [2.24, 2.45) is 11.7 Å². The van der Waals surface area contributed by atoms with E-state index >= 15 is 0 Å². The molecule has 0 radical (unpaired) electrons. The topological polar surface area (TPSA) is 90.6 Å². The van der Waals surface area contributed by atoms with Crippen LogP contribution in [0.3, 0.4) is 0 Å². The highest BCUT2D eigenvalue weighted by Crippen LogP contribution is 2.17. The highest BCUT2D eigenvalue weighted by atomic mass is 35.5. The number of nitrogens with one attached hydrogen (secondary N) is 1. The van der Waals surface area contributed by atoms with Gasteiger partial charge in [0.2, 0.25) is 5.91 Å². The van der Waals surface area contributed by atoms with Crippen molar-refractivity contribution in [2.45, 2.75) is 26.3 Å². The minimum Gasteiger partial charge on any atom is -0.493 e. The molecule has 0 bridgehead atoms. The van der Waals surface area contributed by atoms with E-state index in [2.05, 4.69) is 10.1 Å². The molecule has 1 aromatic rings. The monoisotopic (exact) mass is 330 g/mol. The van der Waals surface area contributed by atoms with Crippen LogP contribution in [0.4, 0.5) is 5.69 Å². The van der Waals surface area contributed by atoms with Gasteiger partial charge in [0.15, 0.2) is 0 Å². The van der Waals surface area contributed by atoms with Gasteiger partial charge in [0, 0.05) is 11.7 Å². The van der Waals surface area contributed by atoms with Crippen molar-refractivity contribution < 1.29 is 19.1 Å². The predicted molar refractivity (Wildman–Crippen MR) is 87.3 cm³/mol. The Morgan fingerprint density at radius 3 is 2.32 bits per heavy atom. The van der Waals surface area contributed by atoms with Crippen LogP contribution in [0.1, 0.15) is 20.3 Å². The van der Waals surface area contributed by atoms with Crippen LogP contribution < -0.4 is 15.8 Å². The van der Waals surface area contributed by atoms with Crippen molar-refractivity contribution in [1.82, 2.24) is 0 Å². The van der Waals surface area contributed by atoms with Gasteiger partial charge in [-0.1, -0.05) is 6.92 Å². The molecule has 7 heteroatoms. The molecule has 0 saturated carbocycles. The second-order valence-electron chi connectivity index (χ2n) is 4.84. The van der Waals surface area contributed by atoms with Crippen molar-refractivity contribution in [2.75, 3.05) is 19.0 Å². The van der Waals surface area contributed by atoms with Crippen LogP contribution in [0, 0.1) is 5.92 Å². The number of rotatable bonds is 7. The van der Waals surface area contributed by atoms with E-state index in [9.17, 15) is 9.59 Å².